The number of aromatic nitrogens is 2. The topological polar surface area (TPSA) is 64.3 Å². The molecule has 0 aliphatic carbocycles. The molecule has 0 atom stereocenters. The number of ether oxygens (including phenoxy) is 1. The predicted molar refractivity (Wildman–Crippen MR) is 70.6 cm³/mol. The quantitative estimate of drug-likeness (QED) is 0.693. The van der Waals surface area contributed by atoms with Gasteiger partial charge < -0.3 is 9.94 Å². The Morgan fingerprint density at radius 3 is 2.89 bits per heavy atom. The van der Waals surface area contributed by atoms with E-state index in [9.17, 15) is 10.0 Å². The number of hydrogen-bond donors (Lipinski definition) is 1. The molecule has 0 aliphatic heterocycles. The van der Waals surface area contributed by atoms with E-state index in [1.165, 1.54) is 0 Å². The third-order valence-corrected chi connectivity index (χ3v) is 2.82. The molecule has 100 valence electrons. The summed E-state index contributed by atoms with van der Waals surface area (Å²) in [5, 5.41) is 10.6. The molecule has 1 N–H and O–H groups in total. The van der Waals surface area contributed by atoms with Gasteiger partial charge in [0.25, 0.3) is 0 Å². The van der Waals surface area contributed by atoms with Gasteiger partial charge in [-0.15, -0.1) is 0 Å². The summed E-state index contributed by atoms with van der Waals surface area (Å²) in [5.41, 5.74) is 1.04. The van der Waals surface area contributed by atoms with Gasteiger partial charge in [-0.25, -0.2) is 9.78 Å². The Morgan fingerprint density at radius 1 is 1.53 bits per heavy atom. The zero-order valence-corrected chi connectivity index (χ0v) is 11.3. The average molecular weight is 281 g/mol. The van der Waals surface area contributed by atoms with E-state index in [4.69, 9.17) is 16.3 Å². The van der Waals surface area contributed by atoms with Gasteiger partial charge in [0.1, 0.15) is 0 Å². The lowest BCUT2D eigenvalue weighted by Crippen LogP contribution is -2.12. The molecule has 1 aromatic carbocycles. The zero-order valence-electron chi connectivity index (χ0n) is 10.6. The van der Waals surface area contributed by atoms with Crippen LogP contribution in [0.25, 0.3) is 11.4 Å². The van der Waals surface area contributed by atoms with Gasteiger partial charge in [-0.1, -0.05) is 23.7 Å². The molecule has 19 heavy (non-hydrogen) atoms. The van der Waals surface area contributed by atoms with Crippen LogP contribution < -0.4 is 0 Å². The smallest absolute Gasteiger partial charge is 0.360 e. The van der Waals surface area contributed by atoms with Crippen molar-refractivity contribution >= 4 is 17.6 Å². The molecule has 0 radical (unpaired) electrons. The van der Waals surface area contributed by atoms with E-state index in [-0.39, 0.29) is 18.1 Å². The Bertz CT molecular complexity index is 622. The molecular weight excluding hydrogens is 268 g/mol. The van der Waals surface area contributed by atoms with Crippen molar-refractivity contribution < 1.29 is 14.7 Å². The molecule has 0 unspecified atom stereocenters. The lowest BCUT2D eigenvalue weighted by Gasteiger charge is -2.04. The standard InChI is InChI=1S/C13H13ClN2O3/c1-3-19-13(17)11-8(2)15-12(16(11)18)9-5-4-6-10(14)7-9/h4-7,18H,3H2,1-2H3. The first-order valence-electron chi connectivity index (χ1n) is 5.76. The molecule has 0 spiro atoms. The van der Waals surface area contributed by atoms with E-state index in [2.05, 4.69) is 4.98 Å². The molecular formula is C13H13ClN2O3. The fourth-order valence-corrected chi connectivity index (χ4v) is 1.96. The molecule has 0 saturated carbocycles. The summed E-state index contributed by atoms with van der Waals surface area (Å²) in [7, 11) is 0. The van der Waals surface area contributed by atoms with Crippen molar-refractivity contribution in [2.75, 3.05) is 6.61 Å². The summed E-state index contributed by atoms with van der Waals surface area (Å²) in [6.45, 7) is 3.56. The van der Waals surface area contributed by atoms with E-state index in [0.717, 1.165) is 4.73 Å². The molecule has 5 nitrogen and oxygen atoms in total. The highest BCUT2D eigenvalue weighted by molar-refractivity contribution is 6.30. The van der Waals surface area contributed by atoms with Crippen molar-refractivity contribution in [1.82, 2.24) is 9.71 Å². The Hall–Kier alpha value is -2.01. The van der Waals surface area contributed by atoms with Crippen molar-refractivity contribution in [3.05, 3.63) is 40.7 Å². The highest BCUT2D eigenvalue weighted by atomic mass is 35.5. The lowest BCUT2D eigenvalue weighted by molar-refractivity contribution is 0.0476. The van der Waals surface area contributed by atoms with Crippen LogP contribution in [0.3, 0.4) is 0 Å². The average Bonchev–Trinajstić information content (AvgIpc) is 2.65. The number of halogens is 1. The monoisotopic (exact) mass is 280 g/mol. The Balaban J connectivity index is 2.50. The minimum atomic E-state index is -0.608. The van der Waals surface area contributed by atoms with Crippen LogP contribution in [0.5, 0.6) is 0 Å². The maximum atomic E-state index is 11.7. The summed E-state index contributed by atoms with van der Waals surface area (Å²) in [6, 6.07) is 6.86. The summed E-state index contributed by atoms with van der Waals surface area (Å²) >= 11 is 5.90. The Kier molecular flexibility index (Phi) is 3.76. The van der Waals surface area contributed by atoms with Gasteiger partial charge in [0.05, 0.1) is 12.3 Å². The second kappa shape index (κ2) is 5.32. The third-order valence-electron chi connectivity index (χ3n) is 2.58. The van der Waals surface area contributed by atoms with Crippen molar-refractivity contribution in [3.8, 4) is 11.4 Å². The number of esters is 1. The van der Waals surface area contributed by atoms with Crippen LogP contribution >= 0.6 is 11.6 Å². The third kappa shape index (κ3) is 2.56. The van der Waals surface area contributed by atoms with E-state index >= 15 is 0 Å². The summed E-state index contributed by atoms with van der Waals surface area (Å²) < 4.78 is 5.61. The molecule has 0 saturated heterocycles. The molecule has 6 heteroatoms. The van der Waals surface area contributed by atoms with Gasteiger partial charge in [0.2, 0.25) is 0 Å². The van der Waals surface area contributed by atoms with Crippen LogP contribution in [-0.4, -0.2) is 27.5 Å². The number of aryl methyl sites for hydroxylation is 1. The predicted octanol–water partition coefficient (Wildman–Crippen LogP) is 2.93. The number of hydrogen-bond acceptors (Lipinski definition) is 4. The first-order chi connectivity index (χ1) is 9.04. The first-order valence-corrected chi connectivity index (χ1v) is 6.14. The molecule has 0 aliphatic rings. The molecule has 1 aromatic heterocycles. The molecule has 0 bridgehead atoms. The Labute approximate surface area is 115 Å². The number of rotatable bonds is 3. The summed E-state index contributed by atoms with van der Waals surface area (Å²) in [6.07, 6.45) is 0. The van der Waals surface area contributed by atoms with Gasteiger partial charge >= 0.3 is 5.97 Å². The Morgan fingerprint density at radius 2 is 2.26 bits per heavy atom. The van der Waals surface area contributed by atoms with Gasteiger partial charge in [-0.2, -0.15) is 4.73 Å². The lowest BCUT2D eigenvalue weighted by atomic mass is 10.2. The second-order valence-corrected chi connectivity index (χ2v) is 4.35. The van der Waals surface area contributed by atoms with Crippen LogP contribution in [-0.2, 0) is 4.74 Å². The summed E-state index contributed by atoms with van der Waals surface area (Å²) in [4.78, 5) is 15.9. The second-order valence-electron chi connectivity index (χ2n) is 3.91. The first kappa shape index (κ1) is 13.4. The van der Waals surface area contributed by atoms with E-state index in [0.29, 0.717) is 16.3 Å². The van der Waals surface area contributed by atoms with Gasteiger partial charge in [-0.05, 0) is 26.0 Å². The highest BCUT2D eigenvalue weighted by Gasteiger charge is 2.22. The fraction of sp³-hybridized carbons (Fsp3) is 0.231. The van der Waals surface area contributed by atoms with Crippen LogP contribution in [0.4, 0.5) is 0 Å². The van der Waals surface area contributed by atoms with Crippen LogP contribution in [0.15, 0.2) is 24.3 Å². The SMILES string of the molecule is CCOC(=O)c1c(C)nc(-c2cccc(Cl)c2)n1O. The van der Waals surface area contributed by atoms with Crippen molar-refractivity contribution in [2.45, 2.75) is 13.8 Å². The number of carbonyl (C=O) groups excluding carboxylic acids is 1. The minimum Gasteiger partial charge on any atom is -0.461 e. The van der Waals surface area contributed by atoms with Crippen molar-refractivity contribution in [1.29, 1.82) is 0 Å². The van der Waals surface area contributed by atoms with Gasteiger partial charge in [-0.3, -0.25) is 0 Å². The highest BCUT2D eigenvalue weighted by Crippen LogP contribution is 2.24. The molecule has 0 amide bonds. The number of nitrogens with zero attached hydrogens (tertiary/aromatic N) is 2. The molecule has 2 rings (SSSR count). The van der Waals surface area contributed by atoms with E-state index in [1.807, 2.05) is 0 Å². The normalized spacial score (nSPS) is 10.5. The largest absolute Gasteiger partial charge is 0.461 e. The van der Waals surface area contributed by atoms with E-state index in [1.54, 1.807) is 38.1 Å². The summed E-state index contributed by atoms with van der Waals surface area (Å²) in [5.74, 6) is -0.355. The van der Waals surface area contributed by atoms with Crippen LogP contribution in [0.1, 0.15) is 23.1 Å². The molecule has 0 fully saturated rings. The molecule has 1 heterocycles. The maximum absolute atomic E-state index is 11.7. The number of imidazole rings is 1. The van der Waals surface area contributed by atoms with Crippen molar-refractivity contribution in [3.63, 3.8) is 0 Å². The number of carbonyl (C=O) groups is 1. The van der Waals surface area contributed by atoms with Crippen LogP contribution in [0, 0.1) is 6.92 Å². The number of benzene rings is 1. The van der Waals surface area contributed by atoms with Gasteiger partial charge in [0.15, 0.2) is 11.5 Å². The van der Waals surface area contributed by atoms with E-state index < -0.39 is 5.97 Å². The maximum Gasteiger partial charge on any atom is 0.360 e. The van der Waals surface area contributed by atoms with Crippen molar-refractivity contribution in [2.24, 2.45) is 0 Å². The minimum absolute atomic E-state index is 0.0248. The molecule has 2 aromatic rings. The zero-order chi connectivity index (χ0) is 14.0. The fourth-order valence-electron chi connectivity index (χ4n) is 1.77. The van der Waals surface area contributed by atoms with Crippen LogP contribution in [0.2, 0.25) is 5.02 Å². The van der Waals surface area contributed by atoms with Gasteiger partial charge in [0, 0.05) is 10.6 Å².